The van der Waals surface area contributed by atoms with Gasteiger partial charge in [-0.25, -0.2) is 0 Å². The Morgan fingerprint density at radius 1 is 0.500 bits per heavy atom. The van der Waals surface area contributed by atoms with Crippen molar-refractivity contribution in [3.63, 3.8) is 0 Å². The third-order valence-electron chi connectivity index (χ3n) is 3.94. The van der Waals surface area contributed by atoms with E-state index in [2.05, 4.69) is 27.7 Å². The van der Waals surface area contributed by atoms with Gasteiger partial charge in [-0.05, 0) is 25.7 Å². The third-order valence-corrected chi connectivity index (χ3v) is 3.94. The normalized spacial score (nSPS) is 15.2. The van der Waals surface area contributed by atoms with Crippen LogP contribution in [0.15, 0.2) is 0 Å². The minimum atomic E-state index is -11.1. The molecule has 0 unspecified atom stereocenters. The number of hydrogen-bond acceptors (Lipinski definition) is 0. The fraction of sp³-hybridized carbons (Fsp3) is 1.00. The molecule has 0 rings (SSSR count). The number of rotatable bonds is 12. The molecule has 0 aliphatic heterocycles. The number of nitrogens with zero attached hydrogens (tertiary/aromatic N) is 1. The summed E-state index contributed by atoms with van der Waals surface area (Å²) in [6.45, 7) is 15.0. The second kappa shape index (κ2) is 10.3. The summed E-state index contributed by atoms with van der Waals surface area (Å²) in [4.78, 5) is 0. The van der Waals surface area contributed by atoms with E-state index < -0.39 is 14.2 Å². The van der Waals surface area contributed by atoms with Crippen molar-refractivity contribution < 1.29 is 25.3 Å². The molecule has 0 bridgehead atoms. The Kier molecular flexibility index (Phi) is 11.3. The summed E-state index contributed by atoms with van der Waals surface area (Å²) in [6, 6.07) is 0. The molecule has 0 aliphatic rings. The zero-order valence-corrected chi connectivity index (χ0v) is 17.5. The van der Waals surface area contributed by atoms with Gasteiger partial charge in [0.2, 0.25) is 0 Å². The van der Waals surface area contributed by atoms with Gasteiger partial charge in [0.15, 0.2) is 0 Å². The molecule has 24 heavy (non-hydrogen) atoms. The average Bonchev–Trinajstić information content (AvgIpc) is 2.42. The molecule has 0 radical (unpaired) electrons. The molecule has 0 N–H and O–H groups in total. The van der Waals surface area contributed by atoms with Crippen molar-refractivity contribution in [2.24, 2.45) is 0 Å². The van der Waals surface area contributed by atoms with Crippen LogP contribution >= 0.6 is 0 Å². The van der Waals surface area contributed by atoms with Gasteiger partial charge in [0.1, 0.15) is 0 Å². The molecular formula is C16H36AsF6N. The second-order valence-corrected chi connectivity index (χ2v) is 10.6. The molecular weight excluding hydrogens is 395 g/mol. The summed E-state index contributed by atoms with van der Waals surface area (Å²) in [5.41, 5.74) is 0. The van der Waals surface area contributed by atoms with E-state index in [-0.39, 0.29) is 0 Å². The number of quaternary nitrogens is 1. The van der Waals surface area contributed by atoms with Crippen LogP contribution in [0.5, 0.6) is 0 Å². The zero-order chi connectivity index (χ0) is 19.4. The molecule has 0 saturated heterocycles. The summed E-state index contributed by atoms with van der Waals surface area (Å²) >= 11 is -11.1. The fourth-order valence-electron chi connectivity index (χ4n) is 2.64. The maximum absolute atomic E-state index is 11.1. The summed E-state index contributed by atoms with van der Waals surface area (Å²) in [7, 11) is 0. The van der Waals surface area contributed by atoms with Gasteiger partial charge in [0.05, 0.1) is 26.2 Å². The van der Waals surface area contributed by atoms with E-state index in [1.165, 1.54) is 82.0 Å². The van der Waals surface area contributed by atoms with Crippen molar-refractivity contribution in [2.45, 2.75) is 79.1 Å². The SMILES string of the molecule is CCCC[N+](CCCC)(CCCC)CCCC.F[As-](F)(F)(F)(F)F. The Labute approximate surface area is 145 Å². The van der Waals surface area contributed by atoms with Gasteiger partial charge in [0, 0.05) is 0 Å². The summed E-state index contributed by atoms with van der Waals surface area (Å²) in [6.07, 6.45) is 11.1. The van der Waals surface area contributed by atoms with Crippen LogP contribution < -0.4 is 0 Å². The standard InChI is InChI=1S/C16H36N.AsF6/c1-5-9-13-17(14-10-6-2,15-11-7-3)16-12-8-4;2-1(3,4,5,6)7/h5-16H2,1-4H3;/q+1;-1. The van der Waals surface area contributed by atoms with E-state index in [0.29, 0.717) is 0 Å². The van der Waals surface area contributed by atoms with Gasteiger partial charge in [-0.15, -0.1) is 0 Å². The van der Waals surface area contributed by atoms with Crippen molar-refractivity contribution in [1.82, 2.24) is 0 Å². The first-order chi connectivity index (χ1) is 10.7. The predicted molar refractivity (Wildman–Crippen MR) is 91.8 cm³/mol. The van der Waals surface area contributed by atoms with Crippen molar-refractivity contribution >= 4 is 14.2 Å². The quantitative estimate of drug-likeness (QED) is 0.175. The molecule has 0 atom stereocenters. The van der Waals surface area contributed by atoms with Gasteiger partial charge in [-0.3, -0.25) is 0 Å². The molecule has 0 fully saturated rings. The predicted octanol–water partition coefficient (Wildman–Crippen LogP) is 7.14. The van der Waals surface area contributed by atoms with E-state index in [9.17, 15) is 20.8 Å². The molecule has 152 valence electrons. The van der Waals surface area contributed by atoms with Crippen molar-refractivity contribution in [2.75, 3.05) is 26.2 Å². The van der Waals surface area contributed by atoms with Crippen LogP contribution in [0.4, 0.5) is 20.8 Å². The van der Waals surface area contributed by atoms with Crippen molar-refractivity contribution in [3.8, 4) is 0 Å². The number of halogens is 6. The van der Waals surface area contributed by atoms with E-state index in [1.807, 2.05) is 0 Å². The molecule has 0 aromatic rings. The number of unbranched alkanes of at least 4 members (excludes halogenated alkanes) is 4. The molecule has 0 saturated carbocycles. The molecule has 8 heteroatoms. The Morgan fingerprint density at radius 2 is 0.667 bits per heavy atom. The molecule has 0 amide bonds. The molecule has 0 aliphatic carbocycles. The van der Waals surface area contributed by atoms with Crippen LogP contribution in [0.1, 0.15) is 79.1 Å². The zero-order valence-electron chi connectivity index (χ0n) is 15.6. The Bertz CT molecular complexity index is 265. The maximum atomic E-state index is 9.91. The van der Waals surface area contributed by atoms with Crippen LogP contribution in [0.3, 0.4) is 0 Å². The van der Waals surface area contributed by atoms with E-state index in [1.54, 1.807) is 0 Å². The fourth-order valence-corrected chi connectivity index (χ4v) is 2.64. The molecule has 0 aromatic heterocycles. The first-order valence-electron chi connectivity index (χ1n) is 9.11. The van der Waals surface area contributed by atoms with Gasteiger partial charge >= 0.3 is 35.0 Å². The molecule has 1 nitrogen and oxygen atoms in total. The third kappa shape index (κ3) is 24.4. The van der Waals surface area contributed by atoms with Crippen LogP contribution in [0, 0.1) is 0 Å². The first kappa shape index (κ1) is 26.3. The van der Waals surface area contributed by atoms with Crippen LogP contribution in [0.25, 0.3) is 0 Å². The van der Waals surface area contributed by atoms with Crippen molar-refractivity contribution in [3.05, 3.63) is 0 Å². The Morgan fingerprint density at radius 3 is 0.792 bits per heavy atom. The topological polar surface area (TPSA) is 0 Å². The Hall–Kier alpha value is 0.0984. The van der Waals surface area contributed by atoms with E-state index >= 15 is 0 Å². The number of hydrogen-bond donors (Lipinski definition) is 0. The summed E-state index contributed by atoms with van der Waals surface area (Å²) < 4.78 is 60.9. The van der Waals surface area contributed by atoms with E-state index in [0.717, 1.165) is 0 Å². The molecule has 0 spiro atoms. The Balaban J connectivity index is 0. The molecule has 0 heterocycles. The monoisotopic (exact) mass is 431 g/mol. The van der Waals surface area contributed by atoms with Gasteiger partial charge in [-0.2, -0.15) is 0 Å². The molecule has 0 aromatic carbocycles. The van der Waals surface area contributed by atoms with E-state index in [4.69, 9.17) is 0 Å². The van der Waals surface area contributed by atoms with Crippen LogP contribution in [-0.4, -0.2) is 44.8 Å². The minimum absolute atomic E-state index is 1.35. The summed E-state index contributed by atoms with van der Waals surface area (Å²) in [5, 5.41) is 0. The van der Waals surface area contributed by atoms with Crippen molar-refractivity contribution in [1.29, 1.82) is 0 Å². The van der Waals surface area contributed by atoms with Gasteiger partial charge in [0.25, 0.3) is 0 Å². The van der Waals surface area contributed by atoms with Crippen LogP contribution in [-0.2, 0) is 0 Å². The van der Waals surface area contributed by atoms with Gasteiger partial charge < -0.3 is 4.48 Å². The average molecular weight is 431 g/mol. The second-order valence-electron chi connectivity index (χ2n) is 6.61. The van der Waals surface area contributed by atoms with Gasteiger partial charge in [-0.1, -0.05) is 53.4 Å². The first-order valence-corrected chi connectivity index (χ1v) is 13.4. The van der Waals surface area contributed by atoms with Crippen LogP contribution in [0.2, 0.25) is 0 Å². The summed E-state index contributed by atoms with van der Waals surface area (Å²) in [5.74, 6) is 0.